The van der Waals surface area contributed by atoms with E-state index in [1.54, 1.807) is 0 Å². The number of rotatable bonds is 4. The molecule has 140 valence electrons. The lowest BCUT2D eigenvalue weighted by Crippen LogP contribution is -3.00. The predicted octanol–water partition coefficient (Wildman–Crippen LogP) is -0.0192. The molecule has 2 aliphatic rings. The van der Waals surface area contributed by atoms with Gasteiger partial charge in [0.25, 0.3) is 11.7 Å². The molecule has 1 fully saturated rings. The normalized spacial score (nSPS) is 16.8. The molecule has 4 nitrogen and oxygen atoms in total. The van der Waals surface area contributed by atoms with Crippen LogP contribution in [-0.2, 0) is 24.3 Å². The van der Waals surface area contributed by atoms with Gasteiger partial charge in [-0.2, -0.15) is 0 Å². The van der Waals surface area contributed by atoms with Gasteiger partial charge in [0.15, 0.2) is 12.2 Å². The Morgan fingerprint density at radius 3 is 2.62 bits per heavy atom. The second kappa shape index (κ2) is 8.21. The molecule has 0 spiro atoms. The van der Waals surface area contributed by atoms with Gasteiger partial charge in [-0.1, -0.05) is 19.3 Å². The van der Waals surface area contributed by atoms with E-state index in [0.717, 1.165) is 43.5 Å². The fraction of sp³-hybridized carbons (Fsp3) is 0.500. The van der Waals surface area contributed by atoms with Crippen molar-refractivity contribution in [1.29, 1.82) is 0 Å². The Morgan fingerprint density at radius 2 is 1.88 bits per heavy atom. The summed E-state index contributed by atoms with van der Waals surface area (Å²) in [5.41, 5.74) is 2.06. The zero-order valence-corrected chi connectivity index (χ0v) is 15.6. The largest absolute Gasteiger partial charge is 1.00 e. The quantitative estimate of drug-likeness (QED) is 0.747. The Balaban J connectivity index is 0.00000196. The second-order valence-corrected chi connectivity index (χ2v) is 7.22. The average molecular weight is 378 g/mol. The molecule has 1 aliphatic carbocycles. The van der Waals surface area contributed by atoms with E-state index in [2.05, 4.69) is 14.5 Å². The first-order chi connectivity index (χ1) is 12.2. The summed E-state index contributed by atoms with van der Waals surface area (Å²) in [4.78, 5) is 12.5. The van der Waals surface area contributed by atoms with Crippen molar-refractivity contribution in [2.45, 2.75) is 64.1 Å². The summed E-state index contributed by atoms with van der Waals surface area (Å²) in [6.45, 7) is 1.33. The predicted molar refractivity (Wildman–Crippen MR) is 93.4 cm³/mol. The third kappa shape index (κ3) is 3.93. The number of aromatic nitrogens is 2. The van der Waals surface area contributed by atoms with Gasteiger partial charge in [0.05, 0.1) is 13.0 Å². The molecule has 0 bridgehead atoms. The number of hydrogen-bond donors (Lipinski definition) is 1. The van der Waals surface area contributed by atoms with Crippen LogP contribution in [-0.4, -0.2) is 16.5 Å². The molecular weight excluding hydrogens is 353 g/mol. The summed E-state index contributed by atoms with van der Waals surface area (Å²) in [6.07, 6.45) is 10.0. The summed E-state index contributed by atoms with van der Waals surface area (Å²) in [5, 5.41) is 3.20. The zero-order chi connectivity index (χ0) is 17.2. The number of amides is 1. The first-order valence-corrected chi connectivity index (χ1v) is 9.38. The van der Waals surface area contributed by atoms with Crippen LogP contribution >= 0.6 is 0 Å². The molecule has 1 amide bonds. The number of carbonyl (C=O) groups excluding carboxylic acids is 1. The molecule has 0 radical (unpaired) electrons. The van der Waals surface area contributed by atoms with E-state index in [0.29, 0.717) is 12.6 Å². The number of benzene rings is 1. The summed E-state index contributed by atoms with van der Waals surface area (Å²) in [7, 11) is 0. The number of nitrogens with one attached hydrogen (secondary N) is 1. The number of hydrogen-bond acceptors (Lipinski definition) is 1. The Hall–Kier alpha value is -1.88. The minimum Gasteiger partial charge on any atom is -1.00 e. The summed E-state index contributed by atoms with van der Waals surface area (Å²) < 4.78 is 17.5. The van der Waals surface area contributed by atoms with Gasteiger partial charge in [0.2, 0.25) is 0 Å². The minimum absolute atomic E-state index is 0. The van der Waals surface area contributed by atoms with E-state index >= 15 is 0 Å². The topological polar surface area (TPSA) is 37.9 Å². The van der Waals surface area contributed by atoms with Crippen molar-refractivity contribution in [1.82, 2.24) is 9.88 Å². The molecule has 26 heavy (non-hydrogen) atoms. The number of carbonyl (C=O) groups is 1. The molecule has 1 aromatic heterocycles. The molecule has 2 aromatic rings. The molecule has 0 saturated heterocycles. The van der Waals surface area contributed by atoms with Crippen molar-refractivity contribution >= 4 is 5.91 Å². The SMILES string of the molecule is O=C(C[n+]1cc(-c2ccc(F)cc2)n2c1CCC2)NC1CCCCC1.[Cl-]. The maximum Gasteiger partial charge on any atom is 0.262 e. The van der Waals surface area contributed by atoms with Crippen molar-refractivity contribution < 1.29 is 26.2 Å². The van der Waals surface area contributed by atoms with Crippen molar-refractivity contribution in [3.8, 4) is 11.3 Å². The molecule has 4 rings (SSSR count). The molecule has 1 aromatic carbocycles. The first kappa shape index (κ1) is 18.9. The van der Waals surface area contributed by atoms with Crippen LogP contribution in [0.1, 0.15) is 44.3 Å². The smallest absolute Gasteiger partial charge is 0.262 e. The van der Waals surface area contributed by atoms with Crippen LogP contribution in [0.15, 0.2) is 30.5 Å². The van der Waals surface area contributed by atoms with Gasteiger partial charge in [-0.25, -0.2) is 13.5 Å². The van der Waals surface area contributed by atoms with Crippen LogP contribution < -0.4 is 22.3 Å². The minimum atomic E-state index is -0.225. The standard InChI is InChI=1S/C20H24FN3O.ClH/c21-16-10-8-15(9-11-16)18-13-23(20-7-4-12-24(18)20)14-19(25)22-17-5-2-1-3-6-17;/h8-11,13,17H,1-7,12,14H2;1H. The first-order valence-electron chi connectivity index (χ1n) is 9.38. The molecule has 6 heteroatoms. The monoisotopic (exact) mass is 377 g/mol. The van der Waals surface area contributed by atoms with E-state index in [-0.39, 0.29) is 24.1 Å². The average Bonchev–Trinajstić information content (AvgIpc) is 3.21. The van der Waals surface area contributed by atoms with Crippen LogP contribution in [0, 0.1) is 5.82 Å². The van der Waals surface area contributed by atoms with Gasteiger partial charge < -0.3 is 17.7 Å². The lowest BCUT2D eigenvalue weighted by molar-refractivity contribution is -0.690. The number of fused-ring (bicyclic) bond motifs is 1. The van der Waals surface area contributed by atoms with Gasteiger partial charge in [-0.3, -0.25) is 4.79 Å². The summed E-state index contributed by atoms with van der Waals surface area (Å²) in [6, 6.07) is 6.94. The van der Waals surface area contributed by atoms with Crippen LogP contribution in [0.3, 0.4) is 0 Å². The van der Waals surface area contributed by atoms with Gasteiger partial charge >= 0.3 is 0 Å². The van der Waals surface area contributed by atoms with E-state index in [1.807, 2.05) is 18.3 Å². The molecule has 0 atom stereocenters. The third-order valence-electron chi connectivity index (χ3n) is 5.42. The highest BCUT2D eigenvalue weighted by Gasteiger charge is 2.30. The maximum atomic E-state index is 13.2. The molecule has 1 saturated carbocycles. The number of halogens is 2. The lowest BCUT2D eigenvalue weighted by atomic mass is 9.95. The summed E-state index contributed by atoms with van der Waals surface area (Å²) >= 11 is 0. The highest BCUT2D eigenvalue weighted by molar-refractivity contribution is 5.74. The van der Waals surface area contributed by atoms with Gasteiger partial charge in [0.1, 0.15) is 12.0 Å². The van der Waals surface area contributed by atoms with Crippen molar-refractivity contribution in [3.63, 3.8) is 0 Å². The van der Waals surface area contributed by atoms with E-state index in [9.17, 15) is 9.18 Å². The Labute approximate surface area is 159 Å². The second-order valence-electron chi connectivity index (χ2n) is 7.22. The van der Waals surface area contributed by atoms with Gasteiger partial charge in [-0.05, 0) is 43.5 Å². The van der Waals surface area contributed by atoms with Crippen molar-refractivity contribution in [2.24, 2.45) is 0 Å². The van der Waals surface area contributed by atoms with Crippen LogP contribution in [0.4, 0.5) is 4.39 Å². The highest BCUT2D eigenvalue weighted by Crippen LogP contribution is 2.25. The molecule has 1 aliphatic heterocycles. The van der Waals surface area contributed by atoms with Crippen LogP contribution in [0.5, 0.6) is 0 Å². The molecule has 0 unspecified atom stereocenters. The van der Waals surface area contributed by atoms with Crippen LogP contribution in [0.2, 0.25) is 0 Å². The van der Waals surface area contributed by atoms with Crippen molar-refractivity contribution in [2.75, 3.05) is 0 Å². The van der Waals surface area contributed by atoms with E-state index < -0.39 is 0 Å². The van der Waals surface area contributed by atoms with E-state index in [1.165, 1.54) is 37.2 Å². The third-order valence-corrected chi connectivity index (χ3v) is 5.42. The molecule has 1 N–H and O–H groups in total. The van der Waals surface area contributed by atoms with Gasteiger partial charge in [0, 0.05) is 11.6 Å². The summed E-state index contributed by atoms with van der Waals surface area (Å²) in [5.74, 6) is 1.07. The van der Waals surface area contributed by atoms with Crippen molar-refractivity contribution in [3.05, 3.63) is 42.1 Å². The number of imidazole rings is 1. The Morgan fingerprint density at radius 1 is 1.15 bits per heavy atom. The van der Waals surface area contributed by atoms with Gasteiger partial charge in [-0.15, -0.1) is 0 Å². The lowest BCUT2D eigenvalue weighted by Gasteiger charge is -2.22. The highest BCUT2D eigenvalue weighted by atomic mass is 35.5. The maximum absolute atomic E-state index is 13.2. The number of nitrogens with zero attached hydrogens (tertiary/aromatic N) is 2. The molecule has 2 heterocycles. The van der Waals surface area contributed by atoms with Crippen LogP contribution in [0.25, 0.3) is 11.3 Å². The Bertz CT molecular complexity index is 766. The fourth-order valence-electron chi connectivity index (χ4n) is 4.17. The molecular formula is C20H25ClFN3O. The van der Waals surface area contributed by atoms with E-state index in [4.69, 9.17) is 0 Å². The zero-order valence-electron chi connectivity index (χ0n) is 14.9. The Kier molecular flexibility index (Phi) is 5.97. The fourth-order valence-corrected chi connectivity index (χ4v) is 4.17.